The Morgan fingerprint density at radius 1 is 1.07 bits per heavy atom. The standard InChI is InChI=1S/C21H18FN5O/c1-13-5-10-16-17(23-13)3-2-4-18(16)24-21-26-25-20-12-28-11-19(27(20)21)14-6-8-15(22)9-7-14/h2-10,19H,11-12H2,1H3,(H,24,26)/t19-/m0/s1. The van der Waals surface area contributed by atoms with Gasteiger partial charge >= 0.3 is 0 Å². The second-order valence-corrected chi connectivity index (χ2v) is 6.84. The molecule has 1 atom stereocenters. The molecule has 0 saturated carbocycles. The molecule has 28 heavy (non-hydrogen) atoms. The third-order valence-corrected chi connectivity index (χ3v) is 4.96. The van der Waals surface area contributed by atoms with E-state index in [2.05, 4.69) is 20.5 Å². The molecule has 0 unspecified atom stereocenters. The third kappa shape index (κ3) is 2.90. The number of fused-ring (bicyclic) bond motifs is 2. The van der Waals surface area contributed by atoms with Gasteiger partial charge in [0, 0.05) is 11.1 Å². The Morgan fingerprint density at radius 2 is 1.93 bits per heavy atom. The number of benzene rings is 2. The predicted octanol–water partition coefficient (Wildman–Crippen LogP) is 4.14. The van der Waals surface area contributed by atoms with Gasteiger partial charge in [-0.15, -0.1) is 10.2 Å². The van der Waals surface area contributed by atoms with Crippen LogP contribution in [0.3, 0.4) is 0 Å². The van der Waals surface area contributed by atoms with E-state index in [4.69, 9.17) is 4.74 Å². The van der Waals surface area contributed by atoms with E-state index in [0.717, 1.165) is 33.7 Å². The lowest BCUT2D eigenvalue weighted by molar-refractivity contribution is 0.0670. The van der Waals surface area contributed by atoms with Crippen molar-refractivity contribution in [3.05, 3.63) is 77.5 Å². The number of hydrogen-bond donors (Lipinski definition) is 1. The Morgan fingerprint density at radius 3 is 2.79 bits per heavy atom. The Hall–Kier alpha value is -3.32. The highest BCUT2D eigenvalue weighted by Crippen LogP contribution is 2.31. The van der Waals surface area contributed by atoms with Crippen molar-refractivity contribution in [2.45, 2.75) is 19.6 Å². The van der Waals surface area contributed by atoms with Gasteiger partial charge in [-0.2, -0.15) is 0 Å². The van der Waals surface area contributed by atoms with Crippen LogP contribution >= 0.6 is 0 Å². The summed E-state index contributed by atoms with van der Waals surface area (Å²) in [7, 11) is 0. The Kier molecular flexibility index (Phi) is 4.02. The van der Waals surface area contributed by atoms with Crippen LogP contribution in [0.2, 0.25) is 0 Å². The predicted molar refractivity (Wildman–Crippen MR) is 104 cm³/mol. The summed E-state index contributed by atoms with van der Waals surface area (Å²) in [4.78, 5) is 4.59. The highest BCUT2D eigenvalue weighted by atomic mass is 19.1. The summed E-state index contributed by atoms with van der Waals surface area (Å²) >= 11 is 0. The second kappa shape index (κ2) is 6.69. The fourth-order valence-electron chi connectivity index (χ4n) is 3.59. The zero-order valence-electron chi connectivity index (χ0n) is 15.3. The third-order valence-electron chi connectivity index (χ3n) is 4.96. The topological polar surface area (TPSA) is 64.9 Å². The van der Waals surface area contributed by atoms with Crippen LogP contribution in [0.1, 0.15) is 23.1 Å². The maximum Gasteiger partial charge on any atom is 0.229 e. The van der Waals surface area contributed by atoms with Crippen molar-refractivity contribution in [1.82, 2.24) is 19.7 Å². The fraction of sp³-hybridized carbons (Fsp3) is 0.190. The molecule has 1 N–H and O–H groups in total. The van der Waals surface area contributed by atoms with E-state index in [0.29, 0.717) is 19.2 Å². The van der Waals surface area contributed by atoms with Crippen LogP contribution in [0.25, 0.3) is 10.9 Å². The van der Waals surface area contributed by atoms with Crippen LogP contribution in [-0.4, -0.2) is 26.4 Å². The molecule has 0 radical (unpaired) electrons. The number of aromatic nitrogens is 4. The molecule has 2 aromatic heterocycles. The first kappa shape index (κ1) is 16.8. The lowest BCUT2D eigenvalue weighted by Gasteiger charge is -2.26. The molecule has 6 nitrogen and oxygen atoms in total. The van der Waals surface area contributed by atoms with Crippen molar-refractivity contribution < 1.29 is 9.13 Å². The van der Waals surface area contributed by atoms with Gasteiger partial charge in [0.05, 0.1) is 23.9 Å². The van der Waals surface area contributed by atoms with Gasteiger partial charge in [-0.1, -0.05) is 18.2 Å². The van der Waals surface area contributed by atoms with Crippen LogP contribution in [-0.2, 0) is 11.3 Å². The average molecular weight is 375 g/mol. The Balaban J connectivity index is 1.56. The molecule has 1 aliphatic rings. The smallest absolute Gasteiger partial charge is 0.229 e. The number of rotatable bonds is 3. The van der Waals surface area contributed by atoms with Crippen molar-refractivity contribution in [1.29, 1.82) is 0 Å². The van der Waals surface area contributed by atoms with Gasteiger partial charge in [-0.05, 0) is 48.9 Å². The van der Waals surface area contributed by atoms with Gasteiger partial charge in [0.1, 0.15) is 12.4 Å². The van der Waals surface area contributed by atoms with E-state index < -0.39 is 0 Å². The van der Waals surface area contributed by atoms with Crippen molar-refractivity contribution in [2.24, 2.45) is 0 Å². The lowest BCUT2D eigenvalue weighted by atomic mass is 10.1. The lowest BCUT2D eigenvalue weighted by Crippen LogP contribution is -2.25. The molecular formula is C21H18FN5O. The minimum Gasteiger partial charge on any atom is -0.371 e. The Labute approximate surface area is 161 Å². The molecule has 7 heteroatoms. The monoisotopic (exact) mass is 375 g/mol. The van der Waals surface area contributed by atoms with Gasteiger partial charge in [0.2, 0.25) is 5.95 Å². The number of nitrogens with one attached hydrogen (secondary N) is 1. The number of aryl methyl sites for hydroxylation is 1. The minimum absolute atomic E-state index is 0.128. The molecule has 4 aromatic rings. The number of halogens is 1. The molecule has 0 amide bonds. The zero-order chi connectivity index (χ0) is 19.1. The van der Waals surface area contributed by atoms with Gasteiger partial charge in [-0.3, -0.25) is 9.55 Å². The van der Waals surface area contributed by atoms with Crippen LogP contribution < -0.4 is 5.32 Å². The molecular weight excluding hydrogens is 357 g/mol. The normalized spacial score (nSPS) is 16.1. The summed E-state index contributed by atoms with van der Waals surface area (Å²) in [5, 5.41) is 13.0. The molecule has 1 aliphatic heterocycles. The number of hydrogen-bond acceptors (Lipinski definition) is 5. The van der Waals surface area contributed by atoms with E-state index in [1.165, 1.54) is 12.1 Å². The van der Waals surface area contributed by atoms with E-state index >= 15 is 0 Å². The van der Waals surface area contributed by atoms with Gasteiger partial charge in [-0.25, -0.2) is 4.39 Å². The molecule has 0 bridgehead atoms. The quantitative estimate of drug-likeness (QED) is 0.583. The molecule has 140 valence electrons. The number of ether oxygens (including phenoxy) is 1. The van der Waals surface area contributed by atoms with Crippen LogP contribution in [0, 0.1) is 12.7 Å². The van der Waals surface area contributed by atoms with Crippen LogP contribution in [0.15, 0.2) is 54.6 Å². The first-order valence-electron chi connectivity index (χ1n) is 9.09. The Bertz CT molecular complexity index is 1160. The number of nitrogens with zero attached hydrogens (tertiary/aromatic N) is 4. The summed E-state index contributed by atoms with van der Waals surface area (Å²) in [6.07, 6.45) is 0. The molecule has 3 heterocycles. The maximum absolute atomic E-state index is 13.4. The zero-order valence-corrected chi connectivity index (χ0v) is 15.3. The van der Waals surface area contributed by atoms with E-state index in [9.17, 15) is 4.39 Å². The van der Waals surface area contributed by atoms with Crippen molar-refractivity contribution in [3.8, 4) is 0 Å². The van der Waals surface area contributed by atoms with Gasteiger partial charge in [0.25, 0.3) is 0 Å². The second-order valence-electron chi connectivity index (χ2n) is 6.84. The largest absolute Gasteiger partial charge is 0.371 e. The SMILES string of the molecule is Cc1ccc2c(Nc3nnc4n3[C@H](c3ccc(F)cc3)COC4)cccc2n1. The van der Waals surface area contributed by atoms with Crippen molar-refractivity contribution in [2.75, 3.05) is 11.9 Å². The molecule has 0 spiro atoms. The number of pyridine rings is 1. The minimum atomic E-state index is -0.263. The van der Waals surface area contributed by atoms with Crippen LogP contribution in [0.4, 0.5) is 16.0 Å². The van der Waals surface area contributed by atoms with E-state index in [1.807, 2.05) is 41.8 Å². The molecule has 2 aromatic carbocycles. The average Bonchev–Trinajstić information content (AvgIpc) is 3.12. The van der Waals surface area contributed by atoms with E-state index in [-0.39, 0.29) is 11.9 Å². The summed E-state index contributed by atoms with van der Waals surface area (Å²) in [6, 6.07) is 16.3. The first-order valence-corrected chi connectivity index (χ1v) is 9.09. The summed E-state index contributed by atoms with van der Waals surface area (Å²) in [6.45, 7) is 2.84. The maximum atomic E-state index is 13.4. The number of anilines is 2. The molecule has 0 aliphatic carbocycles. The molecule has 0 fully saturated rings. The van der Waals surface area contributed by atoms with Gasteiger partial charge < -0.3 is 10.1 Å². The van der Waals surface area contributed by atoms with Gasteiger partial charge in [0.15, 0.2) is 5.82 Å². The molecule has 0 saturated heterocycles. The summed E-state index contributed by atoms with van der Waals surface area (Å²) in [5.41, 5.74) is 3.74. The van der Waals surface area contributed by atoms with Crippen molar-refractivity contribution >= 4 is 22.5 Å². The summed E-state index contributed by atoms with van der Waals surface area (Å²) < 4.78 is 21.1. The highest BCUT2D eigenvalue weighted by molar-refractivity contribution is 5.92. The van der Waals surface area contributed by atoms with Crippen molar-refractivity contribution in [3.63, 3.8) is 0 Å². The molecule has 5 rings (SSSR count). The highest BCUT2D eigenvalue weighted by Gasteiger charge is 2.27. The summed E-state index contributed by atoms with van der Waals surface area (Å²) in [5.74, 6) is 1.10. The fourth-order valence-corrected chi connectivity index (χ4v) is 3.59. The van der Waals surface area contributed by atoms with E-state index in [1.54, 1.807) is 12.1 Å². The van der Waals surface area contributed by atoms with Crippen LogP contribution in [0.5, 0.6) is 0 Å². The first-order chi connectivity index (χ1) is 13.7.